The lowest BCUT2D eigenvalue weighted by atomic mass is 9.98. The lowest BCUT2D eigenvalue weighted by molar-refractivity contribution is 0.489. The Morgan fingerprint density at radius 3 is 2.26 bits per heavy atom. The van der Waals surface area contributed by atoms with Gasteiger partial charge < -0.3 is 5.73 Å². The Labute approximate surface area is 127 Å². The van der Waals surface area contributed by atoms with Crippen LogP contribution < -0.4 is 5.73 Å². The fourth-order valence-corrected chi connectivity index (χ4v) is 3.12. The van der Waals surface area contributed by atoms with Gasteiger partial charge in [0, 0.05) is 14.5 Å². The van der Waals surface area contributed by atoms with Crippen LogP contribution in [0, 0.1) is 18.6 Å². The molecule has 0 aliphatic heterocycles. The average Bonchev–Trinajstić information content (AvgIpc) is 2.35. The van der Waals surface area contributed by atoms with Crippen LogP contribution in [0.1, 0.15) is 22.7 Å². The molecule has 0 aromatic heterocycles. The summed E-state index contributed by atoms with van der Waals surface area (Å²) >= 11 is 6.71. The Balaban J connectivity index is 2.50. The van der Waals surface area contributed by atoms with Gasteiger partial charge in [-0.05, 0) is 30.2 Å². The highest BCUT2D eigenvalue weighted by molar-refractivity contribution is 9.11. The maximum Gasteiger partial charge on any atom is 0.164 e. The van der Waals surface area contributed by atoms with Crippen molar-refractivity contribution in [2.75, 3.05) is 0 Å². The molecule has 2 N–H and O–H groups in total. The van der Waals surface area contributed by atoms with Gasteiger partial charge in [0.15, 0.2) is 11.6 Å². The molecule has 1 unspecified atom stereocenters. The summed E-state index contributed by atoms with van der Waals surface area (Å²) in [5.41, 5.74) is 7.15. The summed E-state index contributed by atoms with van der Waals surface area (Å²) in [5, 5.41) is 0. The molecule has 0 heterocycles. The van der Waals surface area contributed by atoms with Crippen LogP contribution >= 0.6 is 31.9 Å². The van der Waals surface area contributed by atoms with Gasteiger partial charge in [-0.2, -0.15) is 0 Å². The second-order valence-corrected chi connectivity index (χ2v) is 6.01. The molecule has 5 heteroatoms. The highest BCUT2D eigenvalue weighted by atomic mass is 79.9. The van der Waals surface area contributed by atoms with Crippen molar-refractivity contribution in [2.24, 2.45) is 5.73 Å². The maximum atomic E-state index is 13.9. The highest BCUT2D eigenvalue weighted by Gasteiger charge is 2.19. The van der Waals surface area contributed by atoms with Crippen molar-refractivity contribution in [3.8, 4) is 0 Å². The van der Waals surface area contributed by atoms with Gasteiger partial charge in [-0.3, -0.25) is 0 Å². The van der Waals surface area contributed by atoms with Gasteiger partial charge in [0.2, 0.25) is 0 Å². The number of nitrogens with two attached hydrogens (primary N) is 1. The van der Waals surface area contributed by atoms with Gasteiger partial charge in [0.05, 0.1) is 6.04 Å². The van der Waals surface area contributed by atoms with Crippen LogP contribution in [-0.4, -0.2) is 0 Å². The number of aryl methyl sites for hydroxylation is 1. The normalized spacial score (nSPS) is 12.5. The number of hydrogen-bond donors (Lipinski definition) is 1. The first-order chi connectivity index (χ1) is 8.91. The average molecular weight is 391 g/mol. The van der Waals surface area contributed by atoms with E-state index >= 15 is 0 Å². The molecule has 0 radical (unpaired) electrons. The number of hydrogen-bond acceptors (Lipinski definition) is 1. The summed E-state index contributed by atoms with van der Waals surface area (Å²) in [4.78, 5) is 0. The third-order valence-corrected chi connectivity index (χ3v) is 4.12. The topological polar surface area (TPSA) is 26.0 Å². The molecule has 0 amide bonds. The lowest BCUT2D eigenvalue weighted by Crippen LogP contribution is -2.15. The molecule has 19 heavy (non-hydrogen) atoms. The van der Waals surface area contributed by atoms with Crippen LogP contribution in [0.5, 0.6) is 0 Å². The Kier molecular flexibility index (Phi) is 4.38. The molecule has 1 atom stereocenters. The summed E-state index contributed by atoms with van der Waals surface area (Å²) < 4.78 is 29.1. The zero-order valence-corrected chi connectivity index (χ0v) is 13.2. The van der Waals surface area contributed by atoms with Crippen molar-refractivity contribution >= 4 is 31.9 Å². The standard InChI is InChI=1S/C14H11Br2F2N/c1-7-2-4-10(13(18)12(7)17)14(19)9-5-3-8(15)6-11(9)16/h2-6,14H,19H2,1H3. The van der Waals surface area contributed by atoms with E-state index in [4.69, 9.17) is 5.73 Å². The maximum absolute atomic E-state index is 13.9. The highest BCUT2D eigenvalue weighted by Crippen LogP contribution is 2.31. The molecular weight excluding hydrogens is 380 g/mol. The molecule has 0 saturated heterocycles. The Hall–Kier alpha value is -0.780. The smallest absolute Gasteiger partial charge is 0.164 e. The van der Waals surface area contributed by atoms with Crippen molar-refractivity contribution < 1.29 is 8.78 Å². The summed E-state index contributed by atoms with van der Waals surface area (Å²) in [7, 11) is 0. The summed E-state index contributed by atoms with van der Waals surface area (Å²) in [6.07, 6.45) is 0. The second kappa shape index (κ2) is 5.69. The minimum Gasteiger partial charge on any atom is -0.320 e. The van der Waals surface area contributed by atoms with E-state index in [0.717, 1.165) is 8.95 Å². The quantitative estimate of drug-likeness (QED) is 0.779. The van der Waals surface area contributed by atoms with Gasteiger partial charge in [-0.25, -0.2) is 8.78 Å². The second-order valence-electron chi connectivity index (χ2n) is 4.24. The molecule has 0 aliphatic rings. The first-order valence-corrected chi connectivity index (χ1v) is 7.15. The van der Waals surface area contributed by atoms with E-state index in [1.165, 1.54) is 19.1 Å². The van der Waals surface area contributed by atoms with Crippen LogP contribution in [0.25, 0.3) is 0 Å². The molecule has 2 rings (SSSR count). The van der Waals surface area contributed by atoms with E-state index in [-0.39, 0.29) is 11.1 Å². The zero-order chi connectivity index (χ0) is 14.2. The lowest BCUT2D eigenvalue weighted by Gasteiger charge is -2.16. The summed E-state index contributed by atoms with van der Waals surface area (Å²) in [6.45, 7) is 1.52. The van der Waals surface area contributed by atoms with E-state index in [9.17, 15) is 8.78 Å². The van der Waals surface area contributed by atoms with E-state index in [1.54, 1.807) is 6.07 Å². The molecule has 0 saturated carbocycles. The van der Waals surface area contributed by atoms with Crippen LogP contribution in [0.2, 0.25) is 0 Å². The molecular formula is C14H11Br2F2N. The number of halogens is 4. The van der Waals surface area contributed by atoms with Crippen molar-refractivity contribution in [1.82, 2.24) is 0 Å². The minimum absolute atomic E-state index is 0.145. The van der Waals surface area contributed by atoms with E-state index in [1.807, 2.05) is 12.1 Å². The predicted octanol–water partition coefficient (Wildman–Crippen LogP) is 4.85. The molecule has 0 fully saturated rings. The van der Waals surface area contributed by atoms with E-state index in [0.29, 0.717) is 5.56 Å². The van der Waals surface area contributed by atoms with Crippen LogP contribution in [0.15, 0.2) is 39.3 Å². The molecule has 1 nitrogen and oxygen atoms in total. The largest absolute Gasteiger partial charge is 0.320 e. The molecule has 0 bridgehead atoms. The third kappa shape index (κ3) is 2.88. The number of rotatable bonds is 2. The van der Waals surface area contributed by atoms with Gasteiger partial charge >= 0.3 is 0 Å². The van der Waals surface area contributed by atoms with Gasteiger partial charge in [-0.1, -0.05) is 50.1 Å². The SMILES string of the molecule is Cc1ccc(C(N)c2ccc(Br)cc2Br)c(F)c1F. The van der Waals surface area contributed by atoms with Gasteiger partial charge in [0.25, 0.3) is 0 Å². The molecule has 2 aromatic carbocycles. The Bertz CT molecular complexity index is 629. The Morgan fingerprint density at radius 2 is 1.63 bits per heavy atom. The number of benzene rings is 2. The van der Waals surface area contributed by atoms with Gasteiger partial charge in [0.1, 0.15) is 0 Å². The zero-order valence-electron chi connectivity index (χ0n) is 10.1. The van der Waals surface area contributed by atoms with Crippen molar-refractivity contribution in [3.05, 3.63) is 67.6 Å². The van der Waals surface area contributed by atoms with E-state index < -0.39 is 17.7 Å². The molecule has 2 aromatic rings. The van der Waals surface area contributed by atoms with Crippen molar-refractivity contribution in [2.45, 2.75) is 13.0 Å². The molecule has 0 aliphatic carbocycles. The van der Waals surface area contributed by atoms with Gasteiger partial charge in [-0.15, -0.1) is 0 Å². The van der Waals surface area contributed by atoms with Crippen LogP contribution in [0.4, 0.5) is 8.78 Å². The Morgan fingerprint density at radius 1 is 1.00 bits per heavy atom. The first kappa shape index (κ1) is 14.6. The van der Waals surface area contributed by atoms with E-state index in [2.05, 4.69) is 31.9 Å². The fraction of sp³-hybridized carbons (Fsp3) is 0.143. The predicted molar refractivity (Wildman–Crippen MR) is 79.0 cm³/mol. The first-order valence-electron chi connectivity index (χ1n) is 5.57. The summed E-state index contributed by atoms with van der Waals surface area (Å²) in [6, 6.07) is 7.72. The van der Waals surface area contributed by atoms with Crippen molar-refractivity contribution in [3.63, 3.8) is 0 Å². The third-order valence-electron chi connectivity index (χ3n) is 2.94. The van der Waals surface area contributed by atoms with Crippen LogP contribution in [0.3, 0.4) is 0 Å². The monoisotopic (exact) mass is 389 g/mol. The molecule has 0 spiro atoms. The minimum atomic E-state index is -0.887. The van der Waals surface area contributed by atoms with Crippen LogP contribution in [-0.2, 0) is 0 Å². The van der Waals surface area contributed by atoms with Crippen molar-refractivity contribution in [1.29, 1.82) is 0 Å². The fourth-order valence-electron chi connectivity index (χ4n) is 1.82. The molecule has 100 valence electrons. The summed E-state index contributed by atoms with van der Waals surface area (Å²) in [5.74, 6) is -1.73.